The Kier molecular flexibility index (Phi) is 6.87. The number of carbonyl (C=O) groups excluding carboxylic acids is 1. The Morgan fingerprint density at radius 1 is 1.12 bits per heavy atom. The van der Waals surface area contributed by atoms with Crippen molar-refractivity contribution in [3.05, 3.63) is 63.3 Å². The Morgan fingerprint density at radius 2 is 1.88 bits per heavy atom. The van der Waals surface area contributed by atoms with E-state index in [1.54, 1.807) is 11.3 Å². The van der Waals surface area contributed by atoms with E-state index >= 15 is 0 Å². The molecule has 0 atom stereocenters. The van der Waals surface area contributed by atoms with Crippen molar-refractivity contribution < 1.29 is 14.3 Å². The monoisotopic (exact) mass is 469 g/mol. The summed E-state index contributed by atoms with van der Waals surface area (Å²) in [5.41, 5.74) is 0.664. The summed E-state index contributed by atoms with van der Waals surface area (Å²) in [6.45, 7) is 5.12. The summed E-state index contributed by atoms with van der Waals surface area (Å²) in [6, 6.07) is 11.4. The topological polar surface area (TPSA) is 82.4 Å². The second kappa shape index (κ2) is 9.97. The van der Waals surface area contributed by atoms with Crippen LogP contribution in [-0.4, -0.2) is 35.2 Å². The van der Waals surface area contributed by atoms with Crippen molar-refractivity contribution >= 4 is 38.8 Å². The summed E-state index contributed by atoms with van der Waals surface area (Å²) < 4.78 is 12.4. The van der Waals surface area contributed by atoms with Crippen LogP contribution in [0.2, 0.25) is 0 Å². The van der Waals surface area contributed by atoms with E-state index < -0.39 is 0 Å². The van der Waals surface area contributed by atoms with Gasteiger partial charge in [0.15, 0.2) is 0 Å². The molecule has 1 N–H and O–H groups in total. The average Bonchev–Trinajstić information content (AvgIpc) is 3.41. The second-order valence-corrected chi connectivity index (χ2v) is 9.17. The number of thiophene rings is 2. The molecule has 0 saturated carbocycles. The van der Waals surface area contributed by atoms with Crippen LogP contribution in [0.3, 0.4) is 0 Å². The third-order valence-corrected chi connectivity index (χ3v) is 6.63. The lowest BCUT2D eigenvalue weighted by Gasteiger charge is -2.10. The largest absolute Gasteiger partial charge is 0.494 e. The van der Waals surface area contributed by atoms with Crippen molar-refractivity contribution in [1.82, 2.24) is 14.9 Å². The van der Waals surface area contributed by atoms with Gasteiger partial charge in [0.2, 0.25) is 5.91 Å². The van der Waals surface area contributed by atoms with E-state index in [2.05, 4.69) is 10.3 Å². The van der Waals surface area contributed by atoms with E-state index in [9.17, 15) is 9.59 Å². The highest BCUT2D eigenvalue weighted by Crippen LogP contribution is 2.34. The predicted molar refractivity (Wildman–Crippen MR) is 128 cm³/mol. The summed E-state index contributed by atoms with van der Waals surface area (Å²) in [5, 5.41) is 5.29. The number of rotatable bonds is 9. The number of aromatic nitrogens is 2. The molecule has 0 spiro atoms. The number of fused-ring (bicyclic) bond motifs is 1. The lowest BCUT2D eigenvalue weighted by atomic mass is 10.2. The van der Waals surface area contributed by atoms with Crippen LogP contribution in [0.15, 0.2) is 52.9 Å². The number of ether oxygens (including phenoxy) is 2. The zero-order chi connectivity index (χ0) is 22.5. The van der Waals surface area contributed by atoms with Gasteiger partial charge in [-0.2, -0.15) is 0 Å². The Balaban J connectivity index is 1.35. The van der Waals surface area contributed by atoms with Crippen molar-refractivity contribution in [3.63, 3.8) is 0 Å². The highest BCUT2D eigenvalue weighted by atomic mass is 32.1. The van der Waals surface area contributed by atoms with Crippen LogP contribution in [0.25, 0.3) is 20.7 Å². The summed E-state index contributed by atoms with van der Waals surface area (Å²) >= 11 is 3.07. The van der Waals surface area contributed by atoms with Gasteiger partial charge in [-0.25, -0.2) is 4.98 Å². The van der Waals surface area contributed by atoms with Gasteiger partial charge in [-0.15, -0.1) is 22.7 Å². The molecule has 0 aliphatic heterocycles. The quantitative estimate of drug-likeness (QED) is 0.374. The van der Waals surface area contributed by atoms with Gasteiger partial charge in [0.1, 0.15) is 29.5 Å². The molecule has 166 valence electrons. The molecule has 3 aromatic heterocycles. The van der Waals surface area contributed by atoms with Gasteiger partial charge in [0, 0.05) is 20.7 Å². The molecule has 0 bridgehead atoms. The molecule has 1 aromatic carbocycles. The Labute approximate surface area is 193 Å². The highest BCUT2D eigenvalue weighted by molar-refractivity contribution is 7.19. The van der Waals surface area contributed by atoms with E-state index in [-0.39, 0.29) is 18.0 Å². The molecular weight excluding hydrogens is 446 g/mol. The van der Waals surface area contributed by atoms with Crippen LogP contribution in [0.4, 0.5) is 0 Å². The normalized spacial score (nSPS) is 10.9. The van der Waals surface area contributed by atoms with Gasteiger partial charge < -0.3 is 14.8 Å². The predicted octanol–water partition coefficient (Wildman–Crippen LogP) is 4.09. The molecule has 9 heteroatoms. The average molecular weight is 470 g/mol. The molecule has 1 amide bonds. The van der Waals surface area contributed by atoms with Crippen LogP contribution in [0.1, 0.15) is 11.8 Å². The molecule has 4 aromatic rings. The fourth-order valence-corrected chi connectivity index (χ4v) is 5.07. The number of carbonyl (C=O) groups is 1. The molecule has 0 saturated heterocycles. The molecule has 3 heterocycles. The third-order valence-electron chi connectivity index (χ3n) is 4.71. The maximum absolute atomic E-state index is 13.0. The van der Waals surface area contributed by atoms with E-state index in [0.717, 1.165) is 16.2 Å². The highest BCUT2D eigenvalue weighted by Gasteiger charge is 2.15. The van der Waals surface area contributed by atoms with Crippen molar-refractivity contribution in [2.45, 2.75) is 20.4 Å². The van der Waals surface area contributed by atoms with Crippen LogP contribution < -0.4 is 20.3 Å². The van der Waals surface area contributed by atoms with Gasteiger partial charge in [-0.3, -0.25) is 14.2 Å². The SMILES string of the molecule is CCOc1ccc(OCCNC(=O)Cn2cnc3scc(-c4ccc(C)s4)c3c2=O)cc1. The first-order valence-corrected chi connectivity index (χ1v) is 11.9. The van der Waals surface area contributed by atoms with Crippen LogP contribution in [0, 0.1) is 6.92 Å². The fourth-order valence-electron chi connectivity index (χ4n) is 3.21. The second-order valence-electron chi connectivity index (χ2n) is 7.02. The minimum Gasteiger partial charge on any atom is -0.494 e. The first kappa shape index (κ1) is 22.0. The minimum atomic E-state index is -0.271. The van der Waals surface area contributed by atoms with Crippen molar-refractivity contribution in [2.75, 3.05) is 19.8 Å². The number of nitrogens with one attached hydrogen (secondary N) is 1. The van der Waals surface area contributed by atoms with E-state index in [4.69, 9.17) is 9.47 Å². The molecule has 0 fully saturated rings. The molecule has 0 radical (unpaired) electrons. The van der Waals surface area contributed by atoms with Gasteiger partial charge in [-0.05, 0) is 50.2 Å². The number of amides is 1. The van der Waals surface area contributed by atoms with Crippen molar-refractivity contribution in [3.8, 4) is 21.9 Å². The Hall–Kier alpha value is -3.17. The minimum absolute atomic E-state index is 0.0937. The Bertz CT molecular complexity index is 1270. The number of nitrogens with zero attached hydrogens (tertiary/aromatic N) is 2. The maximum Gasteiger partial charge on any atom is 0.263 e. The van der Waals surface area contributed by atoms with E-state index in [0.29, 0.717) is 35.7 Å². The Morgan fingerprint density at radius 3 is 2.56 bits per heavy atom. The molecule has 4 rings (SSSR count). The number of aryl methyl sites for hydroxylation is 1. The summed E-state index contributed by atoms with van der Waals surface area (Å²) in [7, 11) is 0. The first-order chi connectivity index (χ1) is 15.5. The van der Waals surface area contributed by atoms with Gasteiger partial charge in [0.25, 0.3) is 5.56 Å². The zero-order valence-corrected chi connectivity index (χ0v) is 19.4. The van der Waals surface area contributed by atoms with Crippen molar-refractivity contribution in [2.24, 2.45) is 0 Å². The summed E-state index contributed by atoms with van der Waals surface area (Å²) in [6.07, 6.45) is 1.43. The molecule has 32 heavy (non-hydrogen) atoms. The maximum atomic E-state index is 13.0. The number of hydrogen-bond donors (Lipinski definition) is 1. The molecule has 0 unspecified atom stereocenters. The standard InChI is InChI=1S/C23H23N3O4S2/c1-3-29-16-5-7-17(8-6-16)30-11-10-24-20(27)12-26-14-25-22-21(23(26)28)18(13-31-22)19-9-4-15(2)32-19/h4-9,13-14H,3,10-12H2,1-2H3,(H,24,27). The van der Waals surface area contributed by atoms with Crippen LogP contribution in [0.5, 0.6) is 11.5 Å². The van der Waals surface area contributed by atoms with Crippen LogP contribution >= 0.6 is 22.7 Å². The number of hydrogen-bond acceptors (Lipinski definition) is 7. The molecule has 0 aliphatic rings. The lowest BCUT2D eigenvalue weighted by molar-refractivity contribution is -0.121. The van der Waals surface area contributed by atoms with Gasteiger partial charge >= 0.3 is 0 Å². The first-order valence-electron chi connectivity index (χ1n) is 10.2. The van der Waals surface area contributed by atoms with Gasteiger partial charge in [0.05, 0.1) is 24.9 Å². The molecular formula is C23H23N3O4S2. The summed E-state index contributed by atoms with van der Waals surface area (Å²) in [5.74, 6) is 1.21. The molecule has 0 aliphatic carbocycles. The van der Waals surface area contributed by atoms with Gasteiger partial charge in [-0.1, -0.05) is 0 Å². The van der Waals surface area contributed by atoms with Crippen molar-refractivity contribution in [1.29, 1.82) is 0 Å². The fraction of sp³-hybridized carbons (Fsp3) is 0.261. The number of benzene rings is 1. The zero-order valence-electron chi connectivity index (χ0n) is 17.8. The van der Waals surface area contributed by atoms with Crippen LogP contribution in [-0.2, 0) is 11.3 Å². The lowest BCUT2D eigenvalue weighted by Crippen LogP contribution is -2.34. The molecule has 7 nitrogen and oxygen atoms in total. The van der Waals surface area contributed by atoms with E-state index in [1.165, 1.54) is 27.1 Å². The summed E-state index contributed by atoms with van der Waals surface area (Å²) in [4.78, 5) is 32.7. The van der Waals surface area contributed by atoms with E-state index in [1.807, 2.05) is 55.6 Å². The smallest absolute Gasteiger partial charge is 0.263 e. The third kappa shape index (κ3) is 5.00.